The first-order valence-corrected chi connectivity index (χ1v) is 7.27. The Kier molecular flexibility index (Phi) is 2.94. The Bertz CT molecular complexity index is 518. The normalized spacial score (nSPS) is 40.3. The summed E-state index contributed by atoms with van der Waals surface area (Å²) in [5.74, 6) is 2.12. The van der Waals surface area contributed by atoms with E-state index in [9.17, 15) is 4.79 Å². The lowest BCUT2D eigenvalue weighted by Crippen LogP contribution is -2.37. The van der Waals surface area contributed by atoms with Crippen molar-refractivity contribution >= 4 is 5.78 Å². The van der Waals surface area contributed by atoms with Gasteiger partial charge in [0.1, 0.15) is 17.7 Å². The van der Waals surface area contributed by atoms with Gasteiger partial charge >= 0.3 is 0 Å². The van der Waals surface area contributed by atoms with Gasteiger partial charge in [-0.15, -0.1) is 0 Å². The minimum Gasteiger partial charge on any atom is -0.294 e. The van der Waals surface area contributed by atoms with Crippen molar-refractivity contribution in [3.05, 3.63) is 11.1 Å². The molecule has 0 N–H and O–H groups in total. The SMILES string of the molecule is CC1CCC2C(=C(C#N)C#N)C(=O)C3CCCC1C32. The smallest absolute Gasteiger partial charge is 0.164 e. The average Bonchev–Trinajstić information content (AvgIpc) is 2.72. The summed E-state index contributed by atoms with van der Waals surface area (Å²) < 4.78 is 0. The summed E-state index contributed by atoms with van der Waals surface area (Å²) in [6, 6.07) is 3.89. The predicted octanol–water partition coefficient (Wildman–Crippen LogP) is 2.99. The third-order valence-electron chi connectivity index (χ3n) is 5.61. The van der Waals surface area contributed by atoms with Crippen LogP contribution >= 0.6 is 0 Å². The number of nitrogens with zero attached hydrogens (tertiary/aromatic N) is 2. The molecule has 0 bridgehead atoms. The third-order valence-corrected chi connectivity index (χ3v) is 5.61. The number of allylic oxidation sites excluding steroid dienone is 2. The fourth-order valence-corrected chi connectivity index (χ4v) is 4.83. The Labute approximate surface area is 113 Å². The molecule has 0 aromatic rings. The Morgan fingerprint density at radius 3 is 2.53 bits per heavy atom. The van der Waals surface area contributed by atoms with Gasteiger partial charge in [-0.3, -0.25) is 4.79 Å². The molecule has 0 aliphatic heterocycles. The number of ketones is 1. The van der Waals surface area contributed by atoms with Crippen LogP contribution in [-0.4, -0.2) is 5.78 Å². The molecule has 3 rings (SSSR count). The quantitative estimate of drug-likeness (QED) is 0.493. The standard InChI is InChI=1S/C16H18N2O/c1-9-5-6-12-14(10(7-17)8-18)16(19)13-4-2-3-11(9)15(12)13/h9,11-13,15H,2-6H2,1H3. The number of hydrogen-bond donors (Lipinski definition) is 0. The number of rotatable bonds is 0. The fraction of sp³-hybridized carbons (Fsp3) is 0.688. The molecule has 0 saturated heterocycles. The maximum absolute atomic E-state index is 12.6. The topological polar surface area (TPSA) is 64.7 Å². The lowest BCUT2D eigenvalue weighted by atomic mass is 9.60. The van der Waals surface area contributed by atoms with Crippen LogP contribution in [0.4, 0.5) is 0 Å². The Balaban J connectivity index is 2.09. The van der Waals surface area contributed by atoms with Gasteiger partial charge in [0.2, 0.25) is 0 Å². The second-order valence-electron chi connectivity index (χ2n) is 6.32. The van der Waals surface area contributed by atoms with Crippen molar-refractivity contribution in [3.8, 4) is 12.1 Å². The lowest BCUT2D eigenvalue weighted by molar-refractivity contribution is -0.120. The molecule has 5 unspecified atom stereocenters. The minimum atomic E-state index is 0.0812. The highest BCUT2D eigenvalue weighted by atomic mass is 16.1. The van der Waals surface area contributed by atoms with Gasteiger partial charge in [0.15, 0.2) is 5.78 Å². The van der Waals surface area contributed by atoms with Crippen LogP contribution in [0.15, 0.2) is 11.1 Å². The molecule has 0 aromatic heterocycles. The summed E-state index contributed by atoms with van der Waals surface area (Å²) in [6.07, 6.45) is 5.40. The molecule has 0 amide bonds. The Hall–Kier alpha value is -1.61. The van der Waals surface area contributed by atoms with Crippen LogP contribution in [-0.2, 0) is 4.79 Å². The van der Waals surface area contributed by atoms with Gasteiger partial charge < -0.3 is 0 Å². The zero-order valence-corrected chi connectivity index (χ0v) is 11.2. The van der Waals surface area contributed by atoms with E-state index in [0.717, 1.165) is 25.7 Å². The molecule has 19 heavy (non-hydrogen) atoms. The first kappa shape index (κ1) is 12.4. The van der Waals surface area contributed by atoms with Crippen molar-refractivity contribution in [1.82, 2.24) is 0 Å². The van der Waals surface area contributed by atoms with Crippen LogP contribution in [0, 0.1) is 52.3 Å². The Morgan fingerprint density at radius 2 is 1.84 bits per heavy atom. The maximum atomic E-state index is 12.6. The fourth-order valence-electron chi connectivity index (χ4n) is 4.83. The zero-order chi connectivity index (χ0) is 13.6. The van der Waals surface area contributed by atoms with E-state index >= 15 is 0 Å². The lowest BCUT2D eigenvalue weighted by Gasteiger charge is -2.43. The molecular formula is C16H18N2O. The van der Waals surface area contributed by atoms with Crippen LogP contribution in [0.25, 0.3) is 0 Å². The molecule has 3 saturated carbocycles. The van der Waals surface area contributed by atoms with Crippen LogP contribution in [0.1, 0.15) is 39.0 Å². The number of carbonyl (C=O) groups excluding carboxylic acids is 1. The number of carbonyl (C=O) groups is 1. The zero-order valence-electron chi connectivity index (χ0n) is 11.2. The molecule has 0 radical (unpaired) electrons. The monoisotopic (exact) mass is 254 g/mol. The van der Waals surface area contributed by atoms with E-state index in [2.05, 4.69) is 6.92 Å². The molecular weight excluding hydrogens is 236 g/mol. The summed E-state index contributed by atoms with van der Waals surface area (Å²) in [7, 11) is 0. The van der Waals surface area contributed by atoms with Crippen molar-refractivity contribution in [1.29, 1.82) is 10.5 Å². The first-order chi connectivity index (χ1) is 9.19. The number of hydrogen-bond acceptors (Lipinski definition) is 3. The molecule has 5 atom stereocenters. The van der Waals surface area contributed by atoms with E-state index in [4.69, 9.17) is 10.5 Å². The second kappa shape index (κ2) is 4.49. The Morgan fingerprint density at radius 1 is 1.11 bits per heavy atom. The van der Waals surface area contributed by atoms with Crippen LogP contribution in [0.2, 0.25) is 0 Å². The summed E-state index contributed by atoms with van der Waals surface area (Å²) in [4.78, 5) is 12.6. The maximum Gasteiger partial charge on any atom is 0.164 e. The van der Waals surface area contributed by atoms with E-state index < -0.39 is 0 Å². The molecule has 98 valence electrons. The van der Waals surface area contributed by atoms with E-state index in [1.165, 1.54) is 6.42 Å². The first-order valence-electron chi connectivity index (χ1n) is 7.27. The molecule has 0 aromatic carbocycles. The van der Waals surface area contributed by atoms with Gasteiger partial charge in [0.25, 0.3) is 0 Å². The van der Waals surface area contributed by atoms with E-state index in [0.29, 0.717) is 23.3 Å². The van der Waals surface area contributed by atoms with Crippen LogP contribution < -0.4 is 0 Å². The van der Waals surface area contributed by atoms with Crippen molar-refractivity contribution in [2.24, 2.45) is 29.6 Å². The average molecular weight is 254 g/mol. The van der Waals surface area contributed by atoms with Gasteiger partial charge in [-0.1, -0.05) is 13.3 Å². The number of Topliss-reactive ketones (excluding diaryl/α,β-unsaturated/α-hetero) is 1. The van der Waals surface area contributed by atoms with E-state index in [1.807, 2.05) is 12.1 Å². The summed E-state index contributed by atoms with van der Waals surface area (Å²) in [6.45, 7) is 2.30. The molecule has 3 fully saturated rings. The van der Waals surface area contributed by atoms with Crippen molar-refractivity contribution in [2.45, 2.75) is 39.0 Å². The van der Waals surface area contributed by atoms with Crippen LogP contribution in [0.3, 0.4) is 0 Å². The largest absolute Gasteiger partial charge is 0.294 e. The molecule has 3 nitrogen and oxygen atoms in total. The highest BCUT2D eigenvalue weighted by Crippen LogP contribution is 2.57. The van der Waals surface area contributed by atoms with Crippen LogP contribution in [0.5, 0.6) is 0 Å². The highest BCUT2D eigenvalue weighted by molar-refractivity contribution is 6.02. The van der Waals surface area contributed by atoms with Gasteiger partial charge in [-0.05, 0) is 49.4 Å². The second-order valence-corrected chi connectivity index (χ2v) is 6.32. The molecule has 0 spiro atoms. The summed E-state index contributed by atoms with van der Waals surface area (Å²) in [5, 5.41) is 18.2. The van der Waals surface area contributed by atoms with Gasteiger partial charge in [-0.2, -0.15) is 10.5 Å². The summed E-state index contributed by atoms with van der Waals surface area (Å²) >= 11 is 0. The van der Waals surface area contributed by atoms with Crippen molar-refractivity contribution in [3.63, 3.8) is 0 Å². The number of nitriles is 2. The molecule has 0 heterocycles. The minimum absolute atomic E-state index is 0.0812. The van der Waals surface area contributed by atoms with Crippen molar-refractivity contribution in [2.75, 3.05) is 0 Å². The van der Waals surface area contributed by atoms with Gasteiger partial charge in [0.05, 0.1) is 0 Å². The summed E-state index contributed by atoms with van der Waals surface area (Å²) in [5.41, 5.74) is 0.663. The molecule has 3 aliphatic carbocycles. The van der Waals surface area contributed by atoms with E-state index in [1.54, 1.807) is 0 Å². The highest BCUT2D eigenvalue weighted by Gasteiger charge is 2.54. The van der Waals surface area contributed by atoms with E-state index in [-0.39, 0.29) is 23.2 Å². The molecule has 3 aliphatic rings. The van der Waals surface area contributed by atoms with Gasteiger partial charge in [-0.25, -0.2) is 0 Å². The molecule has 3 heteroatoms. The van der Waals surface area contributed by atoms with Crippen molar-refractivity contribution < 1.29 is 4.79 Å². The third kappa shape index (κ3) is 1.65. The van der Waals surface area contributed by atoms with Gasteiger partial charge in [0, 0.05) is 11.5 Å². The predicted molar refractivity (Wildman–Crippen MR) is 69.5 cm³/mol.